The van der Waals surface area contributed by atoms with E-state index >= 15 is 0 Å². The Balaban J connectivity index is 2.10. The molecule has 0 radical (unpaired) electrons. The lowest BCUT2D eigenvalue weighted by Gasteiger charge is -1.89. The maximum atomic E-state index is 8.28. The Morgan fingerprint density at radius 1 is 1.57 bits per heavy atom. The molecule has 0 aliphatic heterocycles. The van der Waals surface area contributed by atoms with E-state index in [-0.39, 0.29) is 0 Å². The summed E-state index contributed by atoms with van der Waals surface area (Å²) in [7, 11) is 0. The van der Waals surface area contributed by atoms with Crippen LogP contribution in [0.3, 0.4) is 0 Å². The normalized spacial score (nSPS) is 11.1. The topological polar surface area (TPSA) is 87.3 Å². The van der Waals surface area contributed by atoms with E-state index in [4.69, 9.17) is 5.21 Å². The molecule has 2 aromatic rings. The van der Waals surface area contributed by atoms with Gasteiger partial charge in [0.2, 0.25) is 0 Å². The second kappa shape index (κ2) is 3.73. The lowest BCUT2D eigenvalue weighted by Crippen LogP contribution is -1.89. The molecule has 2 N–H and O–H groups in total. The highest BCUT2D eigenvalue weighted by Crippen LogP contribution is 2.04. The fourth-order valence-electron chi connectivity index (χ4n) is 1.10. The third-order valence-corrected chi connectivity index (χ3v) is 1.70. The van der Waals surface area contributed by atoms with Crippen molar-refractivity contribution in [3.8, 4) is 0 Å². The summed E-state index contributed by atoms with van der Waals surface area (Å²) in [6.07, 6.45) is 6.67. The van der Waals surface area contributed by atoms with Crippen LogP contribution in [-0.4, -0.2) is 26.5 Å². The number of hydrogen-bond donors (Lipinski definition) is 2. The van der Waals surface area contributed by atoms with E-state index in [1.165, 1.54) is 6.21 Å². The van der Waals surface area contributed by atoms with Gasteiger partial charge in [-0.2, -0.15) is 0 Å². The van der Waals surface area contributed by atoms with Crippen molar-refractivity contribution >= 4 is 6.21 Å². The fraction of sp³-hybridized carbons (Fsp3) is 0.125. The minimum absolute atomic E-state index is 0.614. The Bertz CT molecular complexity index is 418. The highest BCUT2D eigenvalue weighted by molar-refractivity contribution is 5.75. The van der Waals surface area contributed by atoms with Gasteiger partial charge in [0.25, 0.3) is 0 Å². The second-order valence-electron chi connectivity index (χ2n) is 2.74. The molecule has 0 spiro atoms. The number of oxime groups is 1. The van der Waals surface area contributed by atoms with Crippen molar-refractivity contribution in [3.05, 3.63) is 35.7 Å². The number of aromatic nitrogens is 3. The van der Waals surface area contributed by atoms with Crippen LogP contribution in [0.2, 0.25) is 0 Å². The molecule has 2 heterocycles. The number of imidazole rings is 1. The van der Waals surface area contributed by atoms with Gasteiger partial charge < -0.3 is 14.7 Å². The zero-order valence-electron chi connectivity index (χ0n) is 7.21. The second-order valence-corrected chi connectivity index (χ2v) is 2.74. The quantitative estimate of drug-likeness (QED) is 0.427. The largest absolute Gasteiger partial charge is 0.411 e. The summed E-state index contributed by atoms with van der Waals surface area (Å²) in [6, 6.07) is 0. The van der Waals surface area contributed by atoms with Gasteiger partial charge in [-0.05, 0) is 0 Å². The molecule has 0 saturated heterocycles. The van der Waals surface area contributed by atoms with Crippen molar-refractivity contribution in [2.24, 2.45) is 5.16 Å². The summed E-state index contributed by atoms with van der Waals surface area (Å²) in [6.45, 7) is 0. The SMILES string of the molecule is ON=Cc1cnc(Cc2cnoc2)[nH]1. The van der Waals surface area contributed by atoms with Crippen LogP contribution in [0.1, 0.15) is 17.1 Å². The molecular weight excluding hydrogens is 184 g/mol. The molecular formula is C8H8N4O2. The number of nitrogens with zero attached hydrogens (tertiary/aromatic N) is 3. The van der Waals surface area contributed by atoms with Crippen molar-refractivity contribution < 1.29 is 9.73 Å². The minimum Gasteiger partial charge on any atom is -0.411 e. The van der Waals surface area contributed by atoms with Crippen molar-refractivity contribution in [2.45, 2.75) is 6.42 Å². The van der Waals surface area contributed by atoms with Crippen molar-refractivity contribution in [3.63, 3.8) is 0 Å². The van der Waals surface area contributed by atoms with E-state index in [1.54, 1.807) is 18.7 Å². The number of hydrogen-bond acceptors (Lipinski definition) is 5. The average Bonchev–Trinajstić information content (AvgIpc) is 2.79. The van der Waals surface area contributed by atoms with E-state index in [1.807, 2.05) is 0 Å². The van der Waals surface area contributed by atoms with E-state index in [2.05, 4.69) is 24.8 Å². The predicted molar refractivity (Wildman–Crippen MR) is 47.3 cm³/mol. The summed E-state index contributed by atoms with van der Waals surface area (Å²) in [5.41, 5.74) is 1.59. The van der Waals surface area contributed by atoms with Gasteiger partial charge in [-0.3, -0.25) is 0 Å². The molecule has 6 heteroatoms. The van der Waals surface area contributed by atoms with Gasteiger partial charge in [0.1, 0.15) is 12.1 Å². The molecule has 0 bridgehead atoms. The van der Waals surface area contributed by atoms with Gasteiger partial charge >= 0.3 is 0 Å². The highest BCUT2D eigenvalue weighted by atomic mass is 16.5. The summed E-state index contributed by atoms with van der Waals surface area (Å²) in [5.74, 6) is 0.767. The molecule has 0 saturated carbocycles. The third-order valence-electron chi connectivity index (χ3n) is 1.70. The molecule has 0 amide bonds. The molecule has 0 aromatic carbocycles. The van der Waals surface area contributed by atoms with E-state index < -0.39 is 0 Å². The molecule has 0 fully saturated rings. The summed E-state index contributed by atoms with van der Waals surface area (Å²) in [4.78, 5) is 7.04. The standard InChI is InChI=1S/C8H8N4O2/c13-10-4-7-3-9-8(12-7)1-6-2-11-14-5-6/h2-5,13H,1H2,(H,9,12). The Hall–Kier alpha value is -2.11. The highest BCUT2D eigenvalue weighted by Gasteiger charge is 2.02. The molecule has 0 aliphatic rings. The number of rotatable bonds is 3. The van der Waals surface area contributed by atoms with Gasteiger partial charge in [0.05, 0.1) is 24.3 Å². The zero-order valence-corrected chi connectivity index (χ0v) is 7.21. The molecule has 0 aliphatic carbocycles. The fourth-order valence-corrected chi connectivity index (χ4v) is 1.10. The van der Waals surface area contributed by atoms with Gasteiger partial charge in [-0.15, -0.1) is 0 Å². The molecule has 0 unspecified atom stereocenters. The van der Waals surface area contributed by atoms with Crippen LogP contribution in [0.15, 0.2) is 28.3 Å². The first-order chi connectivity index (χ1) is 6.88. The van der Waals surface area contributed by atoms with E-state index in [0.717, 1.165) is 11.4 Å². The summed E-state index contributed by atoms with van der Waals surface area (Å²) < 4.78 is 4.68. The molecule has 72 valence electrons. The van der Waals surface area contributed by atoms with Crippen LogP contribution < -0.4 is 0 Å². The first-order valence-corrected chi connectivity index (χ1v) is 3.98. The third kappa shape index (κ3) is 1.79. The summed E-state index contributed by atoms with van der Waals surface area (Å²) >= 11 is 0. The van der Waals surface area contributed by atoms with Gasteiger partial charge in [0, 0.05) is 12.0 Å². The Morgan fingerprint density at radius 3 is 3.21 bits per heavy atom. The van der Waals surface area contributed by atoms with Crippen LogP contribution >= 0.6 is 0 Å². The molecule has 0 atom stereocenters. The van der Waals surface area contributed by atoms with Crippen molar-refractivity contribution in [1.29, 1.82) is 0 Å². The van der Waals surface area contributed by atoms with E-state index in [0.29, 0.717) is 12.1 Å². The van der Waals surface area contributed by atoms with Crippen LogP contribution in [0.5, 0.6) is 0 Å². The van der Waals surface area contributed by atoms with Crippen LogP contribution in [-0.2, 0) is 6.42 Å². The lowest BCUT2D eigenvalue weighted by molar-refractivity contribution is 0.321. The Morgan fingerprint density at radius 2 is 2.50 bits per heavy atom. The van der Waals surface area contributed by atoms with Crippen LogP contribution in [0.4, 0.5) is 0 Å². The molecule has 2 rings (SSSR count). The molecule has 14 heavy (non-hydrogen) atoms. The molecule has 2 aromatic heterocycles. The Labute approximate surface area is 79.3 Å². The Kier molecular flexibility index (Phi) is 2.26. The first kappa shape index (κ1) is 8.49. The van der Waals surface area contributed by atoms with Gasteiger partial charge in [0.15, 0.2) is 0 Å². The minimum atomic E-state index is 0.614. The first-order valence-electron chi connectivity index (χ1n) is 3.98. The average molecular weight is 192 g/mol. The van der Waals surface area contributed by atoms with Crippen LogP contribution in [0.25, 0.3) is 0 Å². The number of H-pyrrole nitrogens is 1. The maximum absolute atomic E-state index is 8.28. The van der Waals surface area contributed by atoms with Crippen LogP contribution in [0, 0.1) is 0 Å². The van der Waals surface area contributed by atoms with E-state index in [9.17, 15) is 0 Å². The zero-order chi connectivity index (χ0) is 9.80. The van der Waals surface area contributed by atoms with Gasteiger partial charge in [-0.1, -0.05) is 10.3 Å². The number of aromatic amines is 1. The molecule has 6 nitrogen and oxygen atoms in total. The monoisotopic (exact) mass is 192 g/mol. The maximum Gasteiger partial charge on any atom is 0.127 e. The van der Waals surface area contributed by atoms with Gasteiger partial charge in [-0.25, -0.2) is 4.98 Å². The predicted octanol–water partition coefficient (Wildman–Crippen LogP) is 0.797. The smallest absolute Gasteiger partial charge is 0.127 e. The number of nitrogens with one attached hydrogen (secondary N) is 1. The van der Waals surface area contributed by atoms with Crippen molar-refractivity contribution in [2.75, 3.05) is 0 Å². The lowest BCUT2D eigenvalue weighted by atomic mass is 10.2. The summed E-state index contributed by atoms with van der Waals surface area (Å²) in [5, 5.41) is 14.7. The van der Waals surface area contributed by atoms with Crippen molar-refractivity contribution in [1.82, 2.24) is 15.1 Å².